The third-order valence-corrected chi connectivity index (χ3v) is 3.49. The highest BCUT2D eigenvalue weighted by Gasteiger charge is 2.14. The highest BCUT2D eigenvalue weighted by atomic mass is 16.5. The molecule has 0 unspecified atom stereocenters. The van der Waals surface area contributed by atoms with Crippen molar-refractivity contribution in [3.63, 3.8) is 0 Å². The van der Waals surface area contributed by atoms with Crippen LogP contribution in [0.1, 0.15) is 31.2 Å². The number of hydrogen-bond acceptors (Lipinski definition) is 3. The molecule has 0 amide bonds. The molecule has 1 N–H and O–H groups in total. The van der Waals surface area contributed by atoms with Crippen LogP contribution in [0, 0.1) is 17.2 Å². The highest BCUT2D eigenvalue weighted by molar-refractivity contribution is 5.33. The summed E-state index contributed by atoms with van der Waals surface area (Å²) in [6.07, 6.45) is 5.49. The molecule has 0 heterocycles. The molecule has 3 nitrogen and oxygen atoms in total. The van der Waals surface area contributed by atoms with Crippen molar-refractivity contribution in [3.05, 3.63) is 29.8 Å². The van der Waals surface area contributed by atoms with Crippen LogP contribution >= 0.6 is 0 Å². The Hall–Kier alpha value is -1.53. The third kappa shape index (κ3) is 3.75. The number of para-hydroxylation sites is 1. The Morgan fingerprint density at radius 3 is 2.83 bits per heavy atom. The van der Waals surface area contributed by atoms with Crippen molar-refractivity contribution in [1.29, 1.82) is 5.26 Å². The molecule has 1 aliphatic carbocycles. The molecule has 0 aromatic heterocycles. The number of nitrogens with zero attached hydrogens (tertiary/aromatic N) is 1. The lowest BCUT2D eigenvalue weighted by Gasteiger charge is -2.13. The van der Waals surface area contributed by atoms with Crippen LogP contribution in [0.5, 0.6) is 5.75 Å². The van der Waals surface area contributed by atoms with Crippen LogP contribution in [0.4, 0.5) is 0 Å². The van der Waals surface area contributed by atoms with E-state index < -0.39 is 0 Å². The first-order chi connectivity index (χ1) is 8.90. The molecule has 0 saturated heterocycles. The van der Waals surface area contributed by atoms with Gasteiger partial charge in [-0.3, -0.25) is 0 Å². The van der Waals surface area contributed by atoms with Gasteiger partial charge in [-0.05, 0) is 31.4 Å². The molecule has 1 fully saturated rings. The largest absolute Gasteiger partial charge is 0.478 e. The summed E-state index contributed by atoms with van der Waals surface area (Å²) in [4.78, 5) is 0. The van der Waals surface area contributed by atoms with Crippen molar-refractivity contribution in [1.82, 2.24) is 5.32 Å². The fraction of sp³-hybridized carbons (Fsp3) is 0.533. The van der Waals surface area contributed by atoms with Gasteiger partial charge < -0.3 is 10.1 Å². The average Bonchev–Trinajstić information content (AvgIpc) is 2.91. The maximum Gasteiger partial charge on any atom is 0.174 e. The van der Waals surface area contributed by atoms with Crippen molar-refractivity contribution in [2.24, 2.45) is 5.92 Å². The fourth-order valence-electron chi connectivity index (χ4n) is 2.53. The van der Waals surface area contributed by atoms with E-state index in [0.717, 1.165) is 30.3 Å². The van der Waals surface area contributed by atoms with E-state index in [2.05, 4.69) is 5.32 Å². The Morgan fingerprint density at radius 2 is 2.06 bits per heavy atom. The molecular formula is C15H20N2O. The number of nitriles is 1. The van der Waals surface area contributed by atoms with Gasteiger partial charge in [-0.25, -0.2) is 0 Å². The minimum absolute atomic E-state index is 0.111. The molecular weight excluding hydrogens is 224 g/mol. The van der Waals surface area contributed by atoms with Crippen LogP contribution in [-0.4, -0.2) is 13.2 Å². The van der Waals surface area contributed by atoms with Gasteiger partial charge in [0.15, 0.2) is 6.61 Å². The Labute approximate surface area is 109 Å². The summed E-state index contributed by atoms with van der Waals surface area (Å²) in [5.41, 5.74) is 1.13. The van der Waals surface area contributed by atoms with Crippen LogP contribution in [0.15, 0.2) is 24.3 Å². The zero-order valence-corrected chi connectivity index (χ0v) is 10.7. The van der Waals surface area contributed by atoms with Crippen molar-refractivity contribution < 1.29 is 4.74 Å². The van der Waals surface area contributed by atoms with Crippen molar-refractivity contribution >= 4 is 0 Å². The topological polar surface area (TPSA) is 45.0 Å². The molecule has 18 heavy (non-hydrogen) atoms. The van der Waals surface area contributed by atoms with Crippen LogP contribution < -0.4 is 10.1 Å². The Kier molecular flexibility index (Phi) is 5.04. The molecule has 3 heteroatoms. The van der Waals surface area contributed by atoms with Crippen LogP contribution in [0.25, 0.3) is 0 Å². The van der Waals surface area contributed by atoms with E-state index in [4.69, 9.17) is 10.00 Å². The second-order valence-electron chi connectivity index (χ2n) is 4.84. The predicted molar refractivity (Wildman–Crippen MR) is 71.2 cm³/mol. The zero-order valence-electron chi connectivity index (χ0n) is 10.7. The van der Waals surface area contributed by atoms with Crippen LogP contribution in [0.3, 0.4) is 0 Å². The minimum Gasteiger partial charge on any atom is -0.478 e. The van der Waals surface area contributed by atoms with E-state index in [1.165, 1.54) is 25.7 Å². The number of hydrogen-bond donors (Lipinski definition) is 1. The predicted octanol–water partition coefficient (Wildman–Crippen LogP) is 2.87. The van der Waals surface area contributed by atoms with E-state index in [0.29, 0.717) is 0 Å². The Bertz CT molecular complexity index is 405. The summed E-state index contributed by atoms with van der Waals surface area (Å²) in [6.45, 7) is 2.02. The van der Waals surface area contributed by atoms with E-state index in [-0.39, 0.29) is 6.61 Å². The van der Waals surface area contributed by atoms with E-state index >= 15 is 0 Å². The summed E-state index contributed by atoms with van der Waals surface area (Å²) in [5.74, 6) is 1.66. The quantitative estimate of drug-likeness (QED) is 0.837. The lowest BCUT2D eigenvalue weighted by molar-refractivity contribution is 0.361. The van der Waals surface area contributed by atoms with Gasteiger partial charge in [0.1, 0.15) is 11.8 Å². The summed E-state index contributed by atoms with van der Waals surface area (Å²) in [6, 6.07) is 9.92. The fourth-order valence-corrected chi connectivity index (χ4v) is 2.53. The van der Waals surface area contributed by atoms with Gasteiger partial charge >= 0.3 is 0 Å². The maximum absolute atomic E-state index is 8.55. The molecule has 1 aliphatic rings. The highest BCUT2D eigenvalue weighted by Crippen LogP contribution is 2.24. The first-order valence-electron chi connectivity index (χ1n) is 6.68. The molecule has 2 rings (SSSR count). The number of benzene rings is 1. The van der Waals surface area contributed by atoms with Gasteiger partial charge in [-0.15, -0.1) is 0 Å². The normalized spacial score (nSPS) is 15.5. The Balaban J connectivity index is 1.82. The lowest BCUT2D eigenvalue weighted by Crippen LogP contribution is -2.21. The SMILES string of the molecule is N#CCOc1ccccc1CNCC1CCCC1. The summed E-state index contributed by atoms with van der Waals surface area (Å²) >= 11 is 0. The monoisotopic (exact) mass is 244 g/mol. The number of ether oxygens (including phenoxy) is 1. The Morgan fingerprint density at radius 1 is 1.28 bits per heavy atom. The summed E-state index contributed by atoms with van der Waals surface area (Å²) < 4.78 is 5.41. The van der Waals surface area contributed by atoms with Crippen molar-refractivity contribution in [3.8, 4) is 11.8 Å². The second-order valence-corrected chi connectivity index (χ2v) is 4.84. The zero-order chi connectivity index (χ0) is 12.6. The van der Waals surface area contributed by atoms with Crippen LogP contribution in [-0.2, 0) is 6.54 Å². The molecule has 1 saturated carbocycles. The third-order valence-electron chi connectivity index (χ3n) is 3.49. The first kappa shape index (κ1) is 12.9. The van der Waals surface area contributed by atoms with Crippen LogP contribution in [0.2, 0.25) is 0 Å². The molecule has 0 spiro atoms. The van der Waals surface area contributed by atoms with Crippen molar-refractivity contribution in [2.75, 3.05) is 13.2 Å². The number of nitrogens with one attached hydrogen (secondary N) is 1. The molecule has 1 aromatic rings. The van der Waals surface area contributed by atoms with Gasteiger partial charge in [0.25, 0.3) is 0 Å². The van der Waals surface area contributed by atoms with Gasteiger partial charge in [0, 0.05) is 12.1 Å². The van der Waals surface area contributed by atoms with Crippen molar-refractivity contribution in [2.45, 2.75) is 32.2 Å². The summed E-state index contributed by atoms with van der Waals surface area (Å²) in [7, 11) is 0. The molecule has 0 atom stereocenters. The van der Waals surface area contributed by atoms with Gasteiger partial charge in [0.2, 0.25) is 0 Å². The number of rotatable bonds is 6. The minimum atomic E-state index is 0.111. The molecule has 0 aliphatic heterocycles. The standard InChI is InChI=1S/C15H20N2O/c16-9-10-18-15-8-4-3-7-14(15)12-17-11-13-5-1-2-6-13/h3-4,7-8,13,17H,1-2,5-6,10-12H2. The van der Waals surface area contributed by atoms with Gasteiger partial charge in [-0.1, -0.05) is 31.0 Å². The average molecular weight is 244 g/mol. The van der Waals surface area contributed by atoms with E-state index in [9.17, 15) is 0 Å². The molecule has 0 bridgehead atoms. The van der Waals surface area contributed by atoms with E-state index in [1.54, 1.807) is 0 Å². The lowest BCUT2D eigenvalue weighted by atomic mass is 10.1. The maximum atomic E-state index is 8.55. The molecule has 1 aromatic carbocycles. The van der Waals surface area contributed by atoms with E-state index in [1.807, 2.05) is 30.3 Å². The summed E-state index contributed by atoms with van der Waals surface area (Å²) in [5, 5.41) is 12.0. The van der Waals surface area contributed by atoms with Gasteiger partial charge in [-0.2, -0.15) is 5.26 Å². The first-order valence-corrected chi connectivity index (χ1v) is 6.68. The molecule has 0 radical (unpaired) electrons. The van der Waals surface area contributed by atoms with Gasteiger partial charge in [0.05, 0.1) is 0 Å². The second kappa shape index (κ2) is 7.03. The molecule has 96 valence electrons. The smallest absolute Gasteiger partial charge is 0.174 e.